The molecule has 188 valence electrons. The molecule has 4 heterocycles. The smallest absolute Gasteiger partial charge is 0.350 e. The van der Waals surface area contributed by atoms with E-state index in [2.05, 4.69) is 25.5 Å². The van der Waals surface area contributed by atoms with Crippen LogP contribution >= 0.6 is 34.7 Å². The Labute approximate surface area is 218 Å². The van der Waals surface area contributed by atoms with Crippen LogP contribution in [-0.2, 0) is 19.1 Å². The third-order valence-corrected chi connectivity index (χ3v) is 9.14. The first kappa shape index (κ1) is 24.0. The molecule has 0 unspecified atom stereocenters. The van der Waals surface area contributed by atoms with Crippen LogP contribution in [0, 0.1) is 0 Å². The predicted molar refractivity (Wildman–Crippen MR) is 135 cm³/mol. The first-order valence-electron chi connectivity index (χ1n) is 11.6. The van der Waals surface area contributed by atoms with Gasteiger partial charge in [-0.2, -0.15) is 13.2 Å². The minimum absolute atomic E-state index is 0.0102. The van der Waals surface area contributed by atoms with Crippen molar-refractivity contribution in [2.24, 2.45) is 0 Å². The Kier molecular flexibility index (Phi) is 6.14. The van der Waals surface area contributed by atoms with Crippen molar-refractivity contribution in [3.05, 3.63) is 51.0 Å². The van der Waals surface area contributed by atoms with Gasteiger partial charge in [0.25, 0.3) is 5.91 Å². The number of anilines is 2. The van der Waals surface area contributed by atoms with E-state index in [9.17, 15) is 18.0 Å². The van der Waals surface area contributed by atoms with Crippen LogP contribution in [0.3, 0.4) is 0 Å². The van der Waals surface area contributed by atoms with Crippen LogP contribution in [0.1, 0.15) is 39.2 Å². The maximum Gasteiger partial charge on any atom is 0.420 e. The lowest BCUT2D eigenvalue weighted by molar-refractivity contribution is -0.137. The predicted octanol–water partition coefficient (Wildman–Crippen LogP) is 5.98. The van der Waals surface area contributed by atoms with Crippen molar-refractivity contribution in [2.75, 3.05) is 24.2 Å². The van der Waals surface area contributed by atoms with E-state index in [1.54, 1.807) is 6.07 Å². The third kappa shape index (κ3) is 4.69. The highest BCUT2D eigenvalue weighted by atomic mass is 35.5. The fourth-order valence-corrected chi connectivity index (χ4v) is 7.00. The number of benzene rings is 1. The summed E-state index contributed by atoms with van der Waals surface area (Å²) in [6.45, 7) is 2.35. The highest BCUT2D eigenvalue weighted by Crippen LogP contribution is 2.43. The summed E-state index contributed by atoms with van der Waals surface area (Å²) in [6.07, 6.45) is -0.499. The summed E-state index contributed by atoms with van der Waals surface area (Å²) < 4.78 is 41.6. The van der Waals surface area contributed by atoms with E-state index in [1.807, 2.05) is 12.1 Å². The zero-order valence-electron chi connectivity index (χ0n) is 18.9. The average molecular weight is 552 g/mol. The van der Waals surface area contributed by atoms with Gasteiger partial charge in [0, 0.05) is 42.5 Å². The number of rotatable bonds is 4. The number of amides is 1. The molecule has 6 nitrogen and oxygen atoms in total. The molecule has 0 saturated heterocycles. The molecule has 0 atom stereocenters. The lowest BCUT2D eigenvalue weighted by atomic mass is 9.99. The van der Waals surface area contributed by atoms with Crippen molar-refractivity contribution in [1.82, 2.24) is 20.2 Å². The second kappa shape index (κ2) is 9.20. The fraction of sp³-hybridized carbons (Fsp3) is 0.375. The van der Waals surface area contributed by atoms with E-state index in [1.165, 1.54) is 30.2 Å². The van der Waals surface area contributed by atoms with Gasteiger partial charge < -0.3 is 10.6 Å². The van der Waals surface area contributed by atoms with Gasteiger partial charge in [-0.05, 0) is 48.6 Å². The maximum atomic E-state index is 13.9. The Morgan fingerprint density at radius 3 is 2.81 bits per heavy atom. The number of thioether (sulfide) groups is 1. The molecule has 12 heteroatoms. The second-order valence-corrected chi connectivity index (χ2v) is 11.6. The van der Waals surface area contributed by atoms with Gasteiger partial charge in [0.2, 0.25) is 5.95 Å². The van der Waals surface area contributed by atoms with Crippen molar-refractivity contribution in [1.29, 1.82) is 0 Å². The second-order valence-electron chi connectivity index (χ2n) is 9.04. The fourth-order valence-electron chi connectivity index (χ4n) is 4.57. The minimum atomic E-state index is -4.65. The van der Waals surface area contributed by atoms with Crippen molar-refractivity contribution in [3.63, 3.8) is 0 Å². The van der Waals surface area contributed by atoms with Crippen LogP contribution in [0.25, 0.3) is 10.6 Å². The molecule has 1 aliphatic carbocycles. The van der Waals surface area contributed by atoms with E-state index in [4.69, 9.17) is 11.6 Å². The van der Waals surface area contributed by atoms with Gasteiger partial charge in [0.1, 0.15) is 10.4 Å². The lowest BCUT2D eigenvalue weighted by Gasteiger charge is -2.29. The molecule has 0 radical (unpaired) electrons. The van der Waals surface area contributed by atoms with Crippen molar-refractivity contribution >= 4 is 52.2 Å². The molecular formula is C24H21ClF3N5OS2. The number of hydrogen-bond acceptors (Lipinski definition) is 7. The molecule has 3 aromatic rings. The quantitative estimate of drug-likeness (QED) is 0.416. The molecule has 0 bridgehead atoms. The van der Waals surface area contributed by atoms with Crippen molar-refractivity contribution < 1.29 is 18.0 Å². The average Bonchev–Trinajstić information content (AvgIpc) is 3.63. The molecule has 1 fully saturated rings. The summed E-state index contributed by atoms with van der Waals surface area (Å²) in [5.41, 5.74) is 1.68. The maximum absolute atomic E-state index is 13.9. The summed E-state index contributed by atoms with van der Waals surface area (Å²) >= 11 is 8.99. The van der Waals surface area contributed by atoms with Crippen molar-refractivity contribution in [3.8, 4) is 10.6 Å². The normalized spacial score (nSPS) is 18.3. The molecule has 1 aromatic carbocycles. The van der Waals surface area contributed by atoms with E-state index >= 15 is 0 Å². The highest BCUT2D eigenvalue weighted by molar-refractivity contribution is 7.99. The number of fused-ring (bicyclic) bond motifs is 2. The number of halogens is 4. The Bertz CT molecular complexity index is 1360. The zero-order chi connectivity index (χ0) is 25.0. The summed E-state index contributed by atoms with van der Waals surface area (Å²) in [5.74, 6) is 0.372. The molecule has 1 saturated carbocycles. The number of nitrogens with zero attached hydrogens (tertiary/aromatic N) is 3. The number of alkyl halides is 3. The first-order valence-corrected chi connectivity index (χ1v) is 13.8. The molecule has 0 spiro atoms. The minimum Gasteiger partial charge on any atom is -0.350 e. The molecule has 36 heavy (non-hydrogen) atoms. The monoisotopic (exact) mass is 551 g/mol. The highest BCUT2D eigenvalue weighted by Gasteiger charge is 2.37. The summed E-state index contributed by atoms with van der Waals surface area (Å²) in [6, 6.07) is 6.14. The molecule has 3 aliphatic rings. The summed E-state index contributed by atoms with van der Waals surface area (Å²) in [5, 5.41) is 6.25. The Hall–Kier alpha value is -2.34. The van der Waals surface area contributed by atoms with E-state index in [-0.39, 0.29) is 22.4 Å². The topological polar surface area (TPSA) is 70.2 Å². The van der Waals surface area contributed by atoms with Gasteiger partial charge in [0.15, 0.2) is 0 Å². The molecule has 1 amide bonds. The van der Waals surface area contributed by atoms with Crippen molar-refractivity contribution in [2.45, 2.75) is 42.9 Å². The molecule has 2 aliphatic heterocycles. The number of carbonyl (C=O) groups excluding carboxylic acids is 1. The molecular weight excluding hydrogens is 531 g/mol. The van der Waals surface area contributed by atoms with Gasteiger partial charge in [-0.1, -0.05) is 11.6 Å². The Morgan fingerprint density at radius 2 is 2.03 bits per heavy atom. The van der Waals surface area contributed by atoms with Gasteiger partial charge in [0.05, 0.1) is 21.3 Å². The van der Waals surface area contributed by atoms with Crippen LogP contribution in [0.15, 0.2) is 29.3 Å². The SMILES string of the molecule is O=C1NCCSc2cc(-c3nc(Nc4cc5c(cc4Cl)CN(C4CC4)CC5)ncc3C(F)(F)F)sc21. The van der Waals surface area contributed by atoms with Gasteiger partial charge >= 0.3 is 6.18 Å². The Balaban J connectivity index is 1.34. The number of aromatic nitrogens is 2. The standard InChI is InChI=1S/C24H21ClF3N5OS2/c25-16-7-13-11-33(14-1-2-14)5-3-12(13)8-17(16)31-23-30-10-15(24(26,27)28)20(32-23)18-9-19-21(36-18)22(34)29-4-6-35-19/h7-10,14H,1-6,11H2,(H,29,34)(H,30,31,32). The number of thiophene rings is 1. The number of hydrogen-bond donors (Lipinski definition) is 2. The van der Waals surface area contributed by atoms with Gasteiger partial charge in [-0.15, -0.1) is 23.1 Å². The molecule has 6 rings (SSSR count). The van der Waals surface area contributed by atoms with Crippen LogP contribution < -0.4 is 10.6 Å². The van der Waals surface area contributed by atoms with Crippen LogP contribution in [0.5, 0.6) is 0 Å². The lowest BCUT2D eigenvalue weighted by Crippen LogP contribution is -2.32. The summed E-state index contributed by atoms with van der Waals surface area (Å²) in [4.78, 5) is 24.3. The van der Waals surface area contributed by atoms with E-state index < -0.39 is 11.7 Å². The molecule has 2 N–H and O–H groups in total. The largest absolute Gasteiger partial charge is 0.420 e. The zero-order valence-corrected chi connectivity index (χ0v) is 21.3. The van der Waals surface area contributed by atoms with E-state index in [0.29, 0.717) is 38.8 Å². The van der Waals surface area contributed by atoms with Crippen LogP contribution in [0.2, 0.25) is 5.02 Å². The Morgan fingerprint density at radius 1 is 1.19 bits per heavy atom. The number of carbonyl (C=O) groups is 1. The number of nitrogens with one attached hydrogen (secondary N) is 2. The first-order chi connectivity index (χ1) is 17.3. The van der Waals surface area contributed by atoms with Crippen LogP contribution in [-0.4, -0.2) is 45.7 Å². The summed E-state index contributed by atoms with van der Waals surface area (Å²) in [7, 11) is 0. The van der Waals surface area contributed by atoms with Gasteiger partial charge in [-0.3, -0.25) is 9.69 Å². The third-order valence-electron chi connectivity index (χ3n) is 6.52. The van der Waals surface area contributed by atoms with Crippen LogP contribution in [0.4, 0.5) is 24.8 Å². The van der Waals surface area contributed by atoms with Gasteiger partial charge in [-0.25, -0.2) is 9.97 Å². The molecule has 2 aromatic heterocycles. The van der Waals surface area contributed by atoms with E-state index in [0.717, 1.165) is 42.6 Å².